The first-order chi connectivity index (χ1) is 13.0. The first-order valence-electron chi connectivity index (χ1n) is 9.13. The summed E-state index contributed by atoms with van der Waals surface area (Å²) < 4.78 is 32.7. The van der Waals surface area contributed by atoms with Crippen molar-refractivity contribution in [2.45, 2.75) is 37.1 Å². The second kappa shape index (κ2) is 8.54. The van der Waals surface area contributed by atoms with E-state index in [0.717, 1.165) is 18.6 Å². The van der Waals surface area contributed by atoms with Crippen LogP contribution in [0.2, 0.25) is 0 Å². The topological polar surface area (TPSA) is 75.7 Å². The smallest absolute Gasteiger partial charge is 0.243 e. The van der Waals surface area contributed by atoms with Gasteiger partial charge in [0.25, 0.3) is 0 Å². The summed E-state index contributed by atoms with van der Waals surface area (Å²) in [5.74, 6) is 0.416. The van der Waals surface area contributed by atoms with Gasteiger partial charge in [0, 0.05) is 12.2 Å². The lowest BCUT2D eigenvalue weighted by molar-refractivity contribution is -0.120. The van der Waals surface area contributed by atoms with E-state index >= 15 is 0 Å². The van der Waals surface area contributed by atoms with Crippen LogP contribution in [0.1, 0.15) is 26.2 Å². The van der Waals surface area contributed by atoms with E-state index in [1.165, 1.54) is 4.31 Å². The van der Waals surface area contributed by atoms with E-state index in [-0.39, 0.29) is 10.8 Å². The number of hydrogen-bond acceptors (Lipinski definition) is 4. The number of sulfonamides is 1. The molecule has 0 spiro atoms. The number of carbonyl (C=O) groups excluding carboxylic acids is 1. The maximum Gasteiger partial charge on any atom is 0.243 e. The maximum absolute atomic E-state index is 13.0. The molecule has 1 aliphatic heterocycles. The highest BCUT2D eigenvalue weighted by molar-refractivity contribution is 7.89. The Balaban J connectivity index is 1.77. The van der Waals surface area contributed by atoms with Crippen molar-refractivity contribution in [1.82, 2.24) is 4.31 Å². The predicted octanol–water partition coefficient (Wildman–Crippen LogP) is 3.27. The van der Waals surface area contributed by atoms with E-state index in [4.69, 9.17) is 4.74 Å². The van der Waals surface area contributed by atoms with Crippen molar-refractivity contribution in [3.63, 3.8) is 0 Å². The highest BCUT2D eigenvalue weighted by atomic mass is 32.2. The number of piperidine rings is 1. The number of carbonyl (C=O) groups is 1. The Hall–Kier alpha value is -2.38. The summed E-state index contributed by atoms with van der Waals surface area (Å²) in [7, 11) is -3.71. The minimum Gasteiger partial charge on any atom is -0.494 e. The molecule has 0 aromatic heterocycles. The molecule has 1 aliphatic rings. The van der Waals surface area contributed by atoms with Crippen molar-refractivity contribution in [3.05, 3.63) is 54.6 Å². The SMILES string of the molecule is CCOc1ccc(NC(=O)[C@@H]2CCCCN2S(=O)(=O)c2ccccc2)cc1. The number of rotatable bonds is 6. The Morgan fingerprint density at radius 3 is 2.48 bits per heavy atom. The van der Waals surface area contributed by atoms with Gasteiger partial charge in [-0.15, -0.1) is 0 Å². The van der Waals surface area contributed by atoms with Crippen LogP contribution >= 0.6 is 0 Å². The van der Waals surface area contributed by atoms with Crippen LogP contribution in [-0.4, -0.2) is 37.8 Å². The monoisotopic (exact) mass is 388 g/mol. The Morgan fingerprint density at radius 1 is 1.11 bits per heavy atom. The molecular weight excluding hydrogens is 364 g/mol. The molecule has 1 atom stereocenters. The molecule has 7 heteroatoms. The molecule has 1 heterocycles. The van der Waals surface area contributed by atoms with E-state index in [9.17, 15) is 13.2 Å². The first-order valence-corrected chi connectivity index (χ1v) is 10.6. The van der Waals surface area contributed by atoms with Crippen LogP contribution < -0.4 is 10.1 Å². The van der Waals surface area contributed by atoms with Crippen LogP contribution in [0.4, 0.5) is 5.69 Å². The maximum atomic E-state index is 13.0. The molecule has 0 unspecified atom stereocenters. The van der Waals surface area contributed by atoms with Crippen molar-refractivity contribution in [2.24, 2.45) is 0 Å². The molecule has 1 amide bonds. The van der Waals surface area contributed by atoms with Crippen molar-refractivity contribution >= 4 is 21.6 Å². The first kappa shape index (κ1) is 19.4. The third kappa shape index (κ3) is 4.48. The molecule has 1 fully saturated rings. The van der Waals surface area contributed by atoms with E-state index in [2.05, 4.69) is 5.32 Å². The largest absolute Gasteiger partial charge is 0.494 e. The molecule has 2 aromatic rings. The van der Waals surface area contributed by atoms with E-state index in [0.29, 0.717) is 25.3 Å². The molecule has 1 N–H and O–H groups in total. The third-order valence-corrected chi connectivity index (χ3v) is 6.46. The van der Waals surface area contributed by atoms with Gasteiger partial charge in [-0.2, -0.15) is 4.31 Å². The molecule has 3 rings (SSSR count). The van der Waals surface area contributed by atoms with Gasteiger partial charge < -0.3 is 10.1 Å². The highest BCUT2D eigenvalue weighted by Gasteiger charge is 2.37. The third-order valence-electron chi connectivity index (χ3n) is 4.54. The molecule has 27 heavy (non-hydrogen) atoms. The van der Waals surface area contributed by atoms with Crippen LogP contribution in [-0.2, 0) is 14.8 Å². The summed E-state index contributed by atoms with van der Waals surface area (Å²) in [6.45, 7) is 2.82. The van der Waals surface area contributed by atoms with Crippen molar-refractivity contribution in [3.8, 4) is 5.75 Å². The number of benzene rings is 2. The van der Waals surface area contributed by atoms with Gasteiger partial charge in [-0.1, -0.05) is 24.6 Å². The van der Waals surface area contributed by atoms with Crippen LogP contribution in [0.15, 0.2) is 59.5 Å². The minimum atomic E-state index is -3.71. The molecule has 6 nitrogen and oxygen atoms in total. The number of nitrogens with zero attached hydrogens (tertiary/aromatic N) is 1. The van der Waals surface area contributed by atoms with Gasteiger partial charge in [-0.05, 0) is 56.2 Å². The summed E-state index contributed by atoms with van der Waals surface area (Å²) in [4.78, 5) is 13.0. The molecular formula is C20H24N2O4S. The Morgan fingerprint density at radius 2 is 1.81 bits per heavy atom. The second-order valence-corrected chi connectivity index (χ2v) is 8.28. The normalized spacial score (nSPS) is 18.0. The molecule has 0 bridgehead atoms. The van der Waals surface area contributed by atoms with Gasteiger partial charge in [0.2, 0.25) is 15.9 Å². The Kier molecular flexibility index (Phi) is 6.13. The standard InChI is InChI=1S/C20H24N2O4S/c1-2-26-17-13-11-16(12-14-17)21-20(23)19-10-6-7-15-22(19)27(24,25)18-8-4-3-5-9-18/h3-5,8-9,11-14,19H,2,6-7,10,15H2,1H3,(H,21,23)/t19-/m0/s1. The van der Waals surface area contributed by atoms with Gasteiger partial charge in [0.1, 0.15) is 11.8 Å². The zero-order valence-electron chi connectivity index (χ0n) is 15.3. The summed E-state index contributed by atoms with van der Waals surface area (Å²) in [5, 5.41) is 2.83. The fourth-order valence-electron chi connectivity index (χ4n) is 3.21. The molecule has 0 aliphatic carbocycles. The fourth-order valence-corrected chi connectivity index (χ4v) is 4.89. The van der Waals surface area contributed by atoms with Crippen LogP contribution in [0.5, 0.6) is 5.75 Å². The minimum absolute atomic E-state index is 0.214. The summed E-state index contributed by atoms with van der Waals surface area (Å²) in [6.07, 6.45) is 2.08. The van der Waals surface area contributed by atoms with Crippen LogP contribution in [0.25, 0.3) is 0 Å². The van der Waals surface area contributed by atoms with Crippen molar-refractivity contribution < 1.29 is 17.9 Å². The highest BCUT2D eigenvalue weighted by Crippen LogP contribution is 2.26. The zero-order valence-corrected chi connectivity index (χ0v) is 16.1. The molecule has 2 aromatic carbocycles. The van der Waals surface area contributed by atoms with Crippen molar-refractivity contribution in [2.75, 3.05) is 18.5 Å². The lowest BCUT2D eigenvalue weighted by Gasteiger charge is -2.33. The number of hydrogen-bond donors (Lipinski definition) is 1. The summed E-state index contributed by atoms with van der Waals surface area (Å²) in [5.41, 5.74) is 0.617. The van der Waals surface area contributed by atoms with E-state index < -0.39 is 16.1 Å². The van der Waals surface area contributed by atoms with Gasteiger partial charge >= 0.3 is 0 Å². The number of anilines is 1. The fraction of sp³-hybridized carbons (Fsp3) is 0.350. The van der Waals surface area contributed by atoms with Crippen LogP contribution in [0, 0.1) is 0 Å². The Labute approximate surface area is 160 Å². The van der Waals surface area contributed by atoms with Gasteiger partial charge in [-0.25, -0.2) is 8.42 Å². The van der Waals surface area contributed by atoms with Crippen molar-refractivity contribution in [1.29, 1.82) is 0 Å². The number of amides is 1. The van der Waals surface area contributed by atoms with Gasteiger partial charge in [0.05, 0.1) is 11.5 Å². The number of ether oxygens (including phenoxy) is 1. The Bertz CT molecular complexity index is 867. The molecule has 0 radical (unpaired) electrons. The van der Waals surface area contributed by atoms with Gasteiger partial charge in [-0.3, -0.25) is 4.79 Å². The average molecular weight is 388 g/mol. The lowest BCUT2D eigenvalue weighted by atomic mass is 10.0. The predicted molar refractivity (Wildman–Crippen MR) is 104 cm³/mol. The molecule has 144 valence electrons. The quantitative estimate of drug-likeness (QED) is 0.824. The van der Waals surface area contributed by atoms with Crippen LogP contribution in [0.3, 0.4) is 0 Å². The number of nitrogens with one attached hydrogen (secondary N) is 1. The zero-order chi connectivity index (χ0) is 19.3. The van der Waals surface area contributed by atoms with E-state index in [1.807, 2.05) is 6.92 Å². The van der Waals surface area contributed by atoms with Gasteiger partial charge in [0.15, 0.2) is 0 Å². The summed E-state index contributed by atoms with van der Waals surface area (Å²) in [6, 6.07) is 14.6. The lowest BCUT2D eigenvalue weighted by Crippen LogP contribution is -2.49. The molecule has 1 saturated heterocycles. The van der Waals surface area contributed by atoms with E-state index in [1.54, 1.807) is 54.6 Å². The molecule has 0 saturated carbocycles. The average Bonchev–Trinajstić information content (AvgIpc) is 2.70. The second-order valence-electron chi connectivity index (χ2n) is 6.39. The summed E-state index contributed by atoms with van der Waals surface area (Å²) >= 11 is 0.